The number of anilines is 2. The average molecular weight is 255 g/mol. The van der Waals surface area contributed by atoms with Crippen LogP contribution in [0, 0.1) is 0 Å². The summed E-state index contributed by atoms with van der Waals surface area (Å²) in [5.74, 6) is 7.38. The minimum absolute atomic E-state index is 0.352. The van der Waals surface area contributed by atoms with Crippen molar-refractivity contribution in [3.8, 4) is 0 Å². The highest BCUT2D eigenvalue weighted by Crippen LogP contribution is 2.15. The molecule has 0 aliphatic rings. The average Bonchev–Trinajstić information content (AvgIpc) is 2.39. The van der Waals surface area contributed by atoms with Crippen LogP contribution in [0.2, 0.25) is 0 Å². The topological polar surface area (TPSA) is 85.5 Å². The highest BCUT2D eigenvalue weighted by molar-refractivity contribution is 5.48. The summed E-state index contributed by atoms with van der Waals surface area (Å²) in [6.45, 7) is 4.65. The molecule has 0 unspecified atom stereocenters. The maximum absolute atomic E-state index is 5.40. The normalized spacial score (nSPS) is 10.4. The molecule has 0 aliphatic carbocycles. The Morgan fingerprint density at radius 2 is 2.11 bits per heavy atom. The lowest BCUT2D eigenvalue weighted by Crippen LogP contribution is -2.28. The standard InChI is InChI=1S/C11H21N5O2/c1-4-16(5-6-17-2)11-7-9(15-12)13-10(14-11)8-18-3/h7H,4-6,8,12H2,1-3H3,(H,13,14,15). The van der Waals surface area contributed by atoms with Crippen LogP contribution < -0.4 is 16.2 Å². The lowest BCUT2D eigenvalue weighted by atomic mass is 10.4. The van der Waals surface area contributed by atoms with Gasteiger partial charge in [-0.25, -0.2) is 15.8 Å². The summed E-state index contributed by atoms with van der Waals surface area (Å²) in [4.78, 5) is 10.7. The highest BCUT2D eigenvalue weighted by atomic mass is 16.5. The molecule has 18 heavy (non-hydrogen) atoms. The maximum atomic E-state index is 5.40. The van der Waals surface area contributed by atoms with Crippen LogP contribution in [0.3, 0.4) is 0 Å². The number of nitrogens with one attached hydrogen (secondary N) is 1. The number of likely N-dealkylation sites (N-methyl/N-ethyl adjacent to an activating group) is 1. The highest BCUT2D eigenvalue weighted by Gasteiger charge is 2.10. The van der Waals surface area contributed by atoms with E-state index in [9.17, 15) is 0 Å². The van der Waals surface area contributed by atoms with Gasteiger partial charge in [-0.1, -0.05) is 0 Å². The predicted octanol–water partition coefficient (Wildman–Crippen LogP) is 0.381. The van der Waals surface area contributed by atoms with Crippen LogP contribution in [0.15, 0.2) is 6.07 Å². The Bertz CT molecular complexity index is 361. The van der Waals surface area contributed by atoms with Crippen molar-refractivity contribution in [2.24, 2.45) is 5.84 Å². The van der Waals surface area contributed by atoms with E-state index in [1.54, 1.807) is 20.3 Å². The Hall–Kier alpha value is -1.44. The van der Waals surface area contributed by atoms with Crippen LogP contribution >= 0.6 is 0 Å². The molecular weight excluding hydrogens is 234 g/mol. The fourth-order valence-corrected chi connectivity index (χ4v) is 1.55. The smallest absolute Gasteiger partial charge is 0.158 e. The van der Waals surface area contributed by atoms with Crippen molar-refractivity contribution < 1.29 is 9.47 Å². The van der Waals surface area contributed by atoms with Gasteiger partial charge < -0.3 is 19.8 Å². The second kappa shape index (κ2) is 7.80. The summed E-state index contributed by atoms with van der Waals surface area (Å²) < 4.78 is 10.1. The molecular formula is C11H21N5O2. The molecule has 0 saturated carbocycles. The number of hydrogen-bond donors (Lipinski definition) is 2. The number of hydrogen-bond acceptors (Lipinski definition) is 7. The molecule has 0 atom stereocenters. The van der Waals surface area contributed by atoms with Gasteiger partial charge in [0, 0.05) is 33.4 Å². The Morgan fingerprint density at radius 1 is 1.33 bits per heavy atom. The molecule has 0 bridgehead atoms. The van der Waals surface area contributed by atoms with Crippen LogP contribution in [0.25, 0.3) is 0 Å². The summed E-state index contributed by atoms with van der Waals surface area (Å²) >= 11 is 0. The van der Waals surface area contributed by atoms with Crippen LogP contribution in [0.5, 0.6) is 0 Å². The van der Waals surface area contributed by atoms with Gasteiger partial charge in [-0.3, -0.25) is 0 Å². The van der Waals surface area contributed by atoms with Crippen LogP contribution in [0.1, 0.15) is 12.7 Å². The van der Waals surface area contributed by atoms with Gasteiger partial charge in [0.2, 0.25) is 0 Å². The third-order valence-electron chi connectivity index (χ3n) is 2.45. The van der Waals surface area contributed by atoms with Gasteiger partial charge in [0.1, 0.15) is 18.2 Å². The first-order valence-electron chi connectivity index (χ1n) is 5.82. The minimum Gasteiger partial charge on any atom is -0.383 e. The number of rotatable bonds is 8. The predicted molar refractivity (Wildman–Crippen MR) is 70.3 cm³/mol. The lowest BCUT2D eigenvalue weighted by molar-refractivity contribution is 0.178. The lowest BCUT2D eigenvalue weighted by Gasteiger charge is -2.22. The molecule has 0 amide bonds. The molecule has 3 N–H and O–H groups in total. The van der Waals surface area contributed by atoms with E-state index in [0.29, 0.717) is 24.9 Å². The Labute approximate surface area is 107 Å². The largest absolute Gasteiger partial charge is 0.383 e. The van der Waals surface area contributed by atoms with E-state index in [1.165, 1.54) is 0 Å². The number of nitrogens with two attached hydrogens (primary N) is 1. The van der Waals surface area contributed by atoms with Crippen molar-refractivity contribution in [3.63, 3.8) is 0 Å². The number of nitrogens with zero attached hydrogens (tertiary/aromatic N) is 3. The second-order valence-corrected chi connectivity index (χ2v) is 3.68. The Morgan fingerprint density at radius 3 is 2.67 bits per heavy atom. The van der Waals surface area contributed by atoms with E-state index in [2.05, 4.69) is 27.2 Å². The molecule has 1 aromatic heterocycles. The van der Waals surface area contributed by atoms with Gasteiger partial charge in [0.25, 0.3) is 0 Å². The molecule has 7 heteroatoms. The molecule has 0 saturated heterocycles. The Balaban J connectivity index is 2.93. The first kappa shape index (κ1) is 14.6. The number of nitrogen functional groups attached to an aromatic ring is 1. The van der Waals surface area contributed by atoms with Crippen molar-refractivity contribution in [2.75, 3.05) is 44.2 Å². The summed E-state index contributed by atoms with van der Waals surface area (Å²) in [5.41, 5.74) is 2.54. The first-order chi connectivity index (χ1) is 8.74. The minimum atomic E-state index is 0.352. The van der Waals surface area contributed by atoms with E-state index >= 15 is 0 Å². The fourth-order valence-electron chi connectivity index (χ4n) is 1.55. The summed E-state index contributed by atoms with van der Waals surface area (Å²) in [7, 11) is 3.28. The van der Waals surface area contributed by atoms with Gasteiger partial charge in [0.15, 0.2) is 5.82 Å². The summed E-state index contributed by atoms with van der Waals surface area (Å²) in [6, 6.07) is 1.80. The van der Waals surface area contributed by atoms with Crippen molar-refractivity contribution >= 4 is 11.6 Å². The zero-order valence-electron chi connectivity index (χ0n) is 11.1. The number of hydrazine groups is 1. The van der Waals surface area contributed by atoms with E-state index in [0.717, 1.165) is 18.9 Å². The van der Waals surface area contributed by atoms with Crippen molar-refractivity contribution in [3.05, 3.63) is 11.9 Å². The van der Waals surface area contributed by atoms with Gasteiger partial charge >= 0.3 is 0 Å². The molecule has 1 aromatic rings. The molecule has 0 radical (unpaired) electrons. The zero-order chi connectivity index (χ0) is 13.4. The molecule has 0 aromatic carbocycles. The molecule has 7 nitrogen and oxygen atoms in total. The van der Waals surface area contributed by atoms with Crippen molar-refractivity contribution in [1.82, 2.24) is 9.97 Å². The molecule has 0 aliphatic heterocycles. The van der Waals surface area contributed by atoms with Crippen molar-refractivity contribution in [2.45, 2.75) is 13.5 Å². The quantitative estimate of drug-likeness (QED) is 0.513. The third kappa shape index (κ3) is 4.10. The molecule has 1 heterocycles. The molecule has 0 fully saturated rings. The van der Waals surface area contributed by atoms with Crippen LogP contribution in [0.4, 0.5) is 11.6 Å². The van der Waals surface area contributed by atoms with Crippen LogP contribution in [-0.2, 0) is 16.1 Å². The Kier molecular flexibility index (Phi) is 6.34. The van der Waals surface area contributed by atoms with E-state index in [-0.39, 0.29) is 0 Å². The van der Waals surface area contributed by atoms with Gasteiger partial charge in [-0.05, 0) is 6.92 Å². The molecule has 102 valence electrons. The summed E-state index contributed by atoms with van der Waals surface area (Å²) in [5, 5.41) is 0. The third-order valence-corrected chi connectivity index (χ3v) is 2.45. The SMILES string of the molecule is CCN(CCOC)c1cc(NN)nc(COC)n1. The molecule has 0 spiro atoms. The van der Waals surface area contributed by atoms with Crippen molar-refractivity contribution in [1.29, 1.82) is 0 Å². The zero-order valence-corrected chi connectivity index (χ0v) is 11.1. The second-order valence-electron chi connectivity index (χ2n) is 3.68. The van der Waals surface area contributed by atoms with E-state index in [1.807, 2.05) is 0 Å². The molecule has 1 rings (SSSR count). The van der Waals surface area contributed by atoms with Gasteiger partial charge in [0.05, 0.1) is 6.61 Å². The van der Waals surface area contributed by atoms with Crippen LogP contribution in [-0.4, -0.2) is 43.9 Å². The number of ether oxygens (including phenoxy) is 2. The number of aromatic nitrogens is 2. The van der Waals surface area contributed by atoms with Gasteiger partial charge in [-0.2, -0.15) is 0 Å². The monoisotopic (exact) mass is 255 g/mol. The first-order valence-corrected chi connectivity index (χ1v) is 5.82. The summed E-state index contributed by atoms with van der Waals surface area (Å²) in [6.07, 6.45) is 0. The number of methoxy groups -OCH3 is 2. The maximum Gasteiger partial charge on any atom is 0.158 e. The van der Waals surface area contributed by atoms with Gasteiger partial charge in [-0.15, -0.1) is 0 Å². The van der Waals surface area contributed by atoms with E-state index < -0.39 is 0 Å². The fraction of sp³-hybridized carbons (Fsp3) is 0.636. The van der Waals surface area contributed by atoms with E-state index in [4.69, 9.17) is 15.3 Å².